The second kappa shape index (κ2) is 8.25. The van der Waals surface area contributed by atoms with Crippen molar-refractivity contribution in [3.63, 3.8) is 0 Å². The third-order valence-electron chi connectivity index (χ3n) is 2.90. The average Bonchev–Trinajstić information content (AvgIpc) is 2.74. The maximum atomic E-state index is 3.59. The first kappa shape index (κ1) is 15.2. The summed E-state index contributed by atoms with van der Waals surface area (Å²) in [5.74, 6) is 0. The van der Waals surface area contributed by atoms with Gasteiger partial charge in [0, 0.05) is 28.5 Å². The SMILES string of the molecule is CCCN(CC)CCNC(C)c1sccc1Br. The highest BCUT2D eigenvalue weighted by molar-refractivity contribution is 9.10. The van der Waals surface area contributed by atoms with Gasteiger partial charge in [-0.05, 0) is 53.8 Å². The molecule has 17 heavy (non-hydrogen) atoms. The van der Waals surface area contributed by atoms with Crippen LogP contribution in [-0.4, -0.2) is 31.1 Å². The van der Waals surface area contributed by atoms with E-state index in [-0.39, 0.29) is 0 Å². The third kappa shape index (κ3) is 5.08. The molecule has 1 unspecified atom stereocenters. The summed E-state index contributed by atoms with van der Waals surface area (Å²) in [5, 5.41) is 5.72. The predicted molar refractivity (Wildman–Crippen MR) is 80.8 cm³/mol. The zero-order valence-corrected chi connectivity index (χ0v) is 13.4. The Morgan fingerprint density at radius 3 is 2.71 bits per heavy atom. The number of rotatable bonds is 8. The van der Waals surface area contributed by atoms with Gasteiger partial charge in [-0.15, -0.1) is 11.3 Å². The van der Waals surface area contributed by atoms with E-state index < -0.39 is 0 Å². The molecule has 0 saturated heterocycles. The van der Waals surface area contributed by atoms with E-state index in [4.69, 9.17) is 0 Å². The van der Waals surface area contributed by atoms with E-state index in [1.807, 2.05) is 11.3 Å². The van der Waals surface area contributed by atoms with Crippen LogP contribution in [0.3, 0.4) is 0 Å². The Bertz CT molecular complexity index is 314. The summed E-state index contributed by atoms with van der Waals surface area (Å²) in [6.45, 7) is 11.2. The fraction of sp³-hybridized carbons (Fsp3) is 0.692. The molecule has 1 aromatic rings. The maximum Gasteiger partial charge on any atom is 0.0397 e. The molecule has 0 amide bonds. The van der Waals surface area contributed by atoms with Crippen molar-refractivity contribution < 1.29 is 0 Å². The van der Waals surface area contributed by atoms with E-state index in [0.717, 1.165) is 19.6 Å². The van der Waals surface area contributed by atoms with Gasteiger partial charge in [-0.2, -0.15) is 0 Å². The van der Waals surface area contributed by atoms with Gasteiger partial charge in [0.2, 0.25) is 0 Å². The highest BCUT2D eigenvalue weighted by atomic mass is 79.9. The zero-order valence-electron chi connectivity index (χ0n) is 11.0. The maximum absolute atomic E-state index is 3.59. The van der Waals surface area contributed by atoms with Gasteiger partial charge >= 0.3 is 0 Å². The molecule has 0 radical (unpaired) electrons. The van der Waals surface area contributed by atoms with Crippen molar-refractivity contribution >= 4 is 27.3 Å². The minimum absolute atomic E-state index is 0.435. The van der Waals surface area contributed by atoms with Crippen LogP contribution in [0.1, 0.15) is 38.1 Å². The molecular formula is C13H23BrN2S. The number of hydrogen-bond donors (Lipinski definition) is 1. The van der Waals surface area contributed by atoms with Crippen LogP contribution in [-0.2, 0) is 0 Å². The van der Waals surface area contributed by atoms with Gasteiger partial charge in [0.1, 0.15) is 0 Å². The van der Waals surface area contributed by atoms with Crippen molar-refractivity contribution in [3.05, 3.63) is 20.8 Å². The molecule has 98 valence electrons. The molecule has 0 aliphatic rings. The second-order valence-corrected chi connectivity index (χ2v) is 6.04. The standard InChI is InChI=1S/C13H23BrN2S/c1-4-8-16(5-2)9-7-15-11(3)13-12(14)6-10-17-13/h6,10-11,15H,4-5,7-9H2,1-3H3. The van der Waals surface area contributed by atoms with Crippen molar-refractivity contribution in [1.29, 1.82) is 0 Å². The van der Waals surface area contributed by atoms with E-state index in [9.17, 15) is 0 Å². The second-order valence-electron chi connectivity index (χ2n) is 4.24. The van der Waals surface area contributed by atoms with Crippen molar-refractivity contribution in [2.45, 2.75) is 33.2 Å². The summed E-state index contributed by atoms with van der Waals surface area (Å²) in [6.07, 6.45) is 1.24. The lowest BCUT2D eigenvalue weighted by Gasteiger charge is -2.21. The molecule has 0 spiro atoms. The summed E-state index contributed by atoms with van der Waals surface area (Å²) in [6, 6.07) is 2.55. The largest absolute Gasteiger partial charge is 0.308 e. The topological polar surface area (TPSA) is 15.3 Å². The first-order valence-electron chi connectivity index (χ1n) is 6.37. The van der Waals surface area contributed by atoms with E-state index in [1.165, 1.54) is 22.3 Å². The minimum atomic E-state index is 0.435. The van der Waals surface area contributed by atoms with Gasteiger partial charge in [0.05, 0.1) is 0 Å². The number of hydrogen-bond acceptors (Lipinski definition) is 3. The van der Waals surface area contributed by atoms with Crippen LogP contribution >= 0.6 is 27.3 Å². The average molecular weight is 319 g/mol. The monoisotopic (exact) mass is 318 g/mol. The molecule has 0 aliphatic carbocycles. The van der Waals surface area contributed by atoms with Crippen LogP contribution in [0, 0.1) is 0 Å². The molecule has 1 rings (SSSR count). The molecule has 1 heterocycles. The van der Waals surface area contributed by atoms with Crippen molar-refractivity contribution in [2.24, 2.45) is 0 Å². The first-order chi connectivity index (χ1) is 8.19. The molecule has 1 N–H and O–H groups in total. The minimum Gasteiger partial charge on any atom is -0.308 e. The Labute approximate surface area is 118 Å². The zero-order chi connectivity index (χ0) is 12.7. The molecule has 0 saturated carbocycles. The molecular weight excluding hydrogens is 296 g/mol. The summed E-state index contributed by atoms with van der Waals surface area (Å²) >= 11 is 5.40. The lowest BCUT2D eigenvalue weighted by molar-refractivity contribution is 0.284. The Balaban J connectivity index is 2.29. The van der Waals surface area contributed by atoms with Crippen LogP contribution in [0.4, 0.5) is 0 Å². The normalized spacial score (nSPS) is 13.2. The van der Waals surface area contributed by atoms with Crippen LogP contribution in [0.2, 0.25) is 0 Å². The molecule has 1 atom stereocenters. The summed E-state index contributed by atoms with van der Waals surface area (Å²) in [5.41, 5.74) is 0. The lowest BCUT2D eigenvalue weighted by Crippen LogP contribution is -2.33. The van der Waals surface area contributed by atoms with Gasteiger partial charge in [-0.3, -0.25) is 0 Å². The fourth-order valence-electron chi connectivity index (χ4n) is 1.89. The van der Waals surface area contributed by atoms with Crippen molar-refractivity contribution in [2.75, 3.05) is 26.2 Å². The Hall–Kier alpha value is 0.100. The molecule has 0 fully saturated rings. The molecule has 0 aromatic carbocycles. The number of likely N-dealkylation sites (N-methyl/N-ethyl adjacent to an activating group) is 1. The van der Waals surface area contributed by atoms with Gasteiger partial charge in [0.25, 0.3) is 0 Å². The van der Waals surface area contributed by atoms with Crippen LogP contribution in [0.15, 0.2) is 15.9 Å². The number of nitrogens with zero attached hydrogens (tertiary/aromatic N) is 1. The Morgan fingerprint density at radius 2 is 2.18 bits per heavy atom. The fourth-order valence-corrected chi connectivity index (χ4v) is 3.64. The van der Waals surface area contributed by atoms with Crippen LogP contribution in [0.5, 0.6) is 0 Å². The van der Waals surface area contributed by atoms with Crippen LogP contribution in [0.25, 0.3) is 0 Å². The molecule has 1 aromatic heterocycles. The highest BCUT2D eigenvalue weighted by Gasteiger charge is 2.10. The van der Waals surface area contributed by atoms with Gasteiger partial charge < -0.3 is 10.2 Å². The van der Waals surface area contributed by atoms with Crippen molar-refractivity contribution in [3.8, 4) is 0 Å². The number of thiophene rings is 1. The number of nitrogens with one attached hydrogen (secondary N) is 1. The van der Waals surface area contributed by atoms with E-state index in [2.05, 4.69) is 58.4 Å². The van der Waals surface area contributed by atoms with Gasteiger partial charge in [-0.25, -0.2) is 0 Å². The molecule has 4 heteroatoms. The molecule has 0 bridgehead atoms. The molecule has 0 aliphatic heterocycles. The van der Waals surface area contributed by atoms with E-state index in [0.29, 0.717) is 6.04 Å². The first-order valence-corrected chi connectivity index (χ1v) is 8.04. The lowest BCUT2D eigenvalue weighted by atomic mass is 10.2. The summed E-state index contributed by atoms with van der Waals surface area (Å²) < 4.78 is 1.23. The van der Waals surface area contributed by atoms with E-state index in [1.54, 1.807) is 0 Å². The van der Waals surface area contributed by atoms with Crippen LogP contribution < -0.4 is 5.32 Å². The Morgan fingerprint density at radius 1 is 1.41 bits per heavy atom. The van der Waals surface area contributed by atoms with Gasteiger partial charge in [0.15, 0.2) is 0 Å². The third-order valence-corrected chi connectivity index (χ3v) is 4.96. The summed E-state index contributed by atoms with van der Waals surface area (Å²) in [4.78, 5) is 3.88. The highest BCUT2D eigenvalue weighted by Crippen LogP contribution is 2.28. The Kier molecular flexibility index (Phi) is 7.35. The number of halogens is 1. The quantitative estimate of drug-likeness (QED) is 0.782. The van der Waals surface area contributed by atoms with E-state index >= 15 is 0 Å². The molecule has 2 nitrogen and oxygen atoms in total. The van der Waals surface area contributed by atoms with Crippen molar-refractivity contribution in [1.82, 2.24) is 10.2 Å². The summed E-state index contributed by atoms with van der Waals surface area (Å²) in [7, 11) is 0. The predicted octanol–water partition coefficient (Wildman–Crippen LogP) is 3.89. The van der Waals surface area contributed by atoms with Gasteiger partial charge in [-0.1, -0.05) is 13.8 Å². The smallest absolute Gasteiger partial charge is 0.0397 e.